The molecule has 0 bridgehead atoms. The number of hydrogen-bond donors (Lipinski definition) is 0. The van der Waals surface area contributed by atoms with Crippen LogP contribution in [-0.2, 0) is 6.61 Å². The third-order valence-corrected chi connectivity index (χ3v) is 3.01. The average Bonchev–Trinajstić information content (AvgIpc) is 2.96. The van der Waals surface area contributed by atoms with Crippen LogP contribution < -0.4 is 4.74 Å². The van der Waals surface area contributed by atoms with E-state index in [9.17, 15) is 8.78 Å². The number of hydrogen-bond acceptors (Lipinski definition) is 4. The van der Waals surface area contributed by atoms with E-state index in [1.54, 1.807) is 0 Å². The predicted molar refractivity (Wildman–Crippen MR) is 75.2 cm³/mol. The highest BCUT2D eigenvalue weighted by atomic mass is 19.1. The van der Waals surface area contributed by atoms with Gasteiger partial charge in [-0.05, 0) is 31.2 Å². The van der Waals surface area contributed by atoms with E-state index in [4.69, 9.17) is 9.15 Å². The fourth-order valence-electron chi connectivity index (χ4n) is 1.86. The maximum absolute atomic E-state index is 13.4. The third kappa shape index (κ3) is 3.11. The van der Waals surface area contributed by atoms with Crippen molar-refractivity contribution in [2.75, 3.05) is 0 Å². The van der Waals surface area contributed by atoms with Gasteiger partial charge in [-0.25, -0.2) is 8.78 Å². The molecule has 1 aromatic heterocycles. The number of ether oxygens (including phenoxy) is 1. The summed E-state index contributed by atoms with van der Waals surface area (Å²) in [6, 6.07) is 10.7. The summed E-state index contributed by atoms with van der Waals surface area (Å²) in [5.41, 5.74) is 1.91. The number of halogens is 2. The van der Waals surface area contributed by atoms with Crippen molar-refractivity contribution >= 4 is 0 Å². The molecule has 1 heterocycles. The minimum Gasteiger partial charge on any atom is -0.481 e. The summed E-state index contributed by atoms with van der Waals surface area (Å²) in [4.78, 5) is 0. The summed E-state index contributed by atoms with van der Waals surface area (Å²) in [5, 5.41) is 7.75. The Kier molecular flexibility index (Phi) is 3.82. The topological polar surface area (TPSA) is 48.2 Å². The van der Waals surface area contributed by atoms with Gasteiger partial charge in [-0.15, -0.1) is 10.2 Å². The zero-order chi connectivity index (χ0) is 15.5. The molecule has 0 atom stereocenters. The van der Waals surface area contributed by atoms with E-state index < -0.39 is 11.6 Å². The van der Waals surface area contributed by atoms with E-state index in [1.165, 1.54) is 6.07 Å². The molecule has 0 spiro atoms. The minimum atomic E-state index is -0.779. The molecule has 2 aromatic carbocycles. The van der Waals surface area contributed by atoms with Crippen LogP contribution in [0.2, 0.25) is 0 Å². The minimum absolute atomic E-state index is 0.0727. The van der Waals surface area contributed by atoms with E-state index in [2.05, 4.69) is 10.2 Å². The van der Waals surface area contributed by atoms with Crippen LogP contribution in [0.3, 0.4) is 0 Å². The molecule has 0 aliphatic heterocycles. The molecule has 3 aromatic rings. The van der Waals surface area contributed by atoms with Crippen LogP contribution >= 0.6 is 0 Å². The summed E-state index contributed by atoms with van der Waals surface area (Å²) < 4.78 is 36.9. The Morgan fingerprint density at radius 2 is 1.82 bits per heavy atom. The number of rotatable bonds is 4. The van der Waals surface area contributed by atoms with Crippen molar-refractivity contribution in [2.45, 2.75) is 13.5 Å². The number of benzene rings is 2. The number of nitrogens with zero attached hydrogens (tertiary/aromatic N) is 2. The van der Waals surface area contributed by atoms with E-state index in [-0.39, 0.29) is 18.2 Å². The van der Waals surface area contributed by atoms with Crippen LogP contribution in [0, 0.1) is 18.6 Å². The van der Waals surface area contributed by atoms with E-state index in [0.717, 1.165) is 23.3 Å². The lowest BCUT2D eigenvalue weighted by molar-refractivity contribution is 0.252. The molecule has 3 rings (SSSR count). The van der Waals surface area contributed by atoms with Gasteiger partial charge in [0.05, 0.1) is 0 Å². The molecule has 0 aliphatic carbocycles. The van der Waals surface area contributed by atoms with Crippen molar-refractivity contribution < 1.29 is 17.9 Å². The van der Waals surface area contributed by atoms with Gasteiger partial charge in [0.25, 0.3) is 5.89 Å². The van der Waals surface area contributed by atoms with Gasteiger partial charge in [0, 0.05) is 11.6 Å². The quantitative estimate of drug-likeness (QED) is 0.733. The largest absolute Gasteiger partial charge is 0.481 e. The smallest absolute Gasteiger partial charge is 0.254 e. The first-order chi connectivity index (χ1) is 10.6. The van der Waals surface area contributed by atoms with Crippen LogP contribution in [0.25, 0.3) is 11.5 Å². The highest BCUT2D eigenvalue weighted by molar-refractivity contribution is 5.52. The van der Waals surface area contributed by atoms with Crippen molar-refractivity contribution in [3.63, 3.8) is 0 Å². The van der Waals surface area contributed by atoms with Gasteiger partial charge in [0.2, 0.25) is 5.89 Å². The second kappa shape index (κ2) is 5.93. The molecule has 22 heavy (non-hydrogen) atoms. The lowest BCUT2D eigenvalue weighted by Gasteiger charge is -2.04. The fraction of sp³-hybridized carbons (Fsp3) is 0.125. The van der Waals surface area contributed by atoms with Gasteiger partial charge >= 0.3 is 0 Å². The molecular weight excluding hydrogens is 290 g/mol. The van der Waals surface area contributed by atoms with Gasteiger partial charge in [-0.2, -0.15) is 0 Å². The van der Waals surface area contributed by atoms with Crippen LogP contribution in [0.4, 0.5) is 8.78 Å². The predicted octanol–water partition coefficient (Wildman–Crippen LogP) is 3.90. The first kappa shape index (κ1) is 14.2. The van der Waals surface area contributed by atoms with Crippen LogP contribution in [0.5, 0.6) is 5.75 Å². The van der Waals surface area contributed by atoms with Crippen LogP contribution in [0.1, 0.15) is 11.5 Å². The zero-order valence-electron chi connectivity index (χ0n) is 11.7. The lowest BCUT2D eigenvalue weighted by atomic mass is 10.1. The lowest BCUT2D eigenvalue weighted by Crippen LogP contribution is -1.98. The summed E-state index contributed by atoms with van der Waals surface area (Å²) in [6.07, 6.45) is 0. The normalized spacial score (nSPS) is 10.7. The average molecular weight is 302 g/mol. The molecule has 0 amide bonds. The highest BCUT2D eigenvalue weighted by Crippen LogP contribution is 2.21. The molecule has 0 unspecified atom stereocenters. The van der Waals surface area contributed by atoms with Crippen molar-refractivity contribution in [3.8, 4) is 17.2 Å². The molecule has 0 radical (unpaired) electrons. The Hall–Kier alpha value is -2.76. The van der Waals surface area contributed by atoms with Gasteiger partial charge in [-0.3, -0.25) is 0 Å². The third-order valence-electron chi connectivity index (χ3n) is 3.01. The number of aromatic nitrogens is 2. The highest BCUT2D eigenvalue weighted by Gasteiger charge is 2.11. The molecule has 0 saturated carbocycles. The Balaban J connectivity index is 1.70. The van der Waals surface area contributed by atoms with Crippen molar-refractivity contribution in [1.82, 2.24) is 10.2 Å². The maximum Gasteiger partial charge on any atom is 0.254 e. The second-order valence-corrected chi connectivity index (χ2v) is 4.73. The van der Waals surface area contributed by atoms with E-state index >= 15 is 0 Å². The molecule has 4 nitrogen and oxygen atoms in total. The molecule has 0 saturated heterocycles. The molecule has 0 aliphatic rings. The van der Waals surface area contributed by atoms with E-state index in [1.807, 2.05) is 31.2 Å². The van der Waals surface area contributed by atoms with Crippen molar-refractivity contribution in [1.29, 1.82) is 0 Å². The molecule has 0 fully saturated rings. The van der Waals surface area contributed by atoms with Crippen molar-refractivity contribution in [3.05, 3.63) is 65.6 Å². The Morgan fingerprint density at radius 1 is 1.05 bits per heavy atom. The maximum atomic E-state index is 13.4. The SMILES string of the molecule is Cc1ccc(-c2nnc(COc3ccc(F)cc3F)o2)cc1. The summed E-state index contributed by atoms with van der Waals surface area (Å²) in [7, 11) is 0. The Morgan fingerprint density at radius 3 is 2.55 bits per heavy atom. The summed E-state index contributed by atoms with van der Waals surface area (Å²) >= 11 is 0. The Labute approximate surface area is 125 Å². The van der Waals surface area contributed by atoms with E-state index in [0.29, 0.717) is 5.89 Å². The molecule has 0 N–H and O–H groups in total. The van der Waals surface area contributed by atoms with Gasteiger partial charge in [0.15, 0.2) is 18.2 Å². The van der Waals surface area contributed by atoms with Crippen molar-refractivity contribution in [2.24, 2.45) is 0 Å². The fourth-order valence-corrected chi connectivity index (χ4v) is 1.86. The monoisotopic (exact) mass is 302 g/mol. The van der Waals surface area contributed by atoms with Gasteiger partial charge in [-0.1, -0.05) is 17.7 Å². The molecule has 6 heteroatoms. The second-order valence-electron chi connectivity index (χ2n) is 4.73. The first-order valence-corrected chi connectivity index (χ1v) is 6.59. The van der Waals surface area contributed by atoms with Crippen LogP contribution in [-0.4, -0.2) is 10.2 Å². The summed E-state index contributed by atoms with van der Waals surface area (Å²) in [5.74, 6) is -0.948. The van der Waals surface area contributed by atoms with Crippen LogP contribution in [0.15, 0.2) is 46.9 Å². The summed E-state index contributed by atoms with van der Waals surface area (Å²) in [6.45, 7) is 1.88. The first-order valence-electron chi connectivity index (χ1n) is 6.59. The number of aryl methyl sites for hydroxylation is 1. The van der Waals surface area contributed by atoms with Gasteiger partial charge in [0.1, 0.15) is 5.82 Å². The van der Waals surface area contributed by atoms with Gasteiger partial charge < -0.3 is 9.15 Å². The standard InChI is InChI=1S/C16H12F2N2O2/c1-10-2-4-11(5-3-10)16-20-19-15(22-16)9-21-14-7-6-12(17)8-13(14)18/h2-8H,9H2,1H3. The zero-order valence-corrected chi connectivity index (χ0v) is 11.7. The Bertz CT molecular complexity index is 785. The molecular formula is C16H12F2N2O2. The molecule has 112 valence electrons.